The number of anilines is 1. The zero-order chi connectivity index (χ0) is 22.9. The molecule has 166 valence electrons. The van der Waals surface area contributed by atoms with E-state index in [0.29, 0.717) is 29.6 Å². The van der Waals surface area contributed by atoms with E-state index in [1.165, 1.54) is 18.0 Å². The first-order valence-electron chi connectivity index (χ1n) is 9.95. The number of nitrogens with zero attached hydrogens (tertiary/aromatic N) is 2. The fourth-order valence-corrected chi connectivity index (χ4v) is 3.44. The maximum Gasteiger partial charge on any atom is 0.272 e. The Labute approximate surface area is 196 Å². The van der Waals surface area contributed by atoms with Crippen LogP contribution in [0.15, 0.2) is 66.0 Å². The van der Waals surface area contributed by atoms with Crippen molar-refractivity contribution < 1.29 is 14.3 Å². The van der Waals surface area contributed by atoms with Gasteiger partial charge in [0.05, 0.1) is 17.8 Å². The lowest BCUT2D eigenvalue weighted by Gasteiger charge is -2.19. The van der Waals surface area contributed by atoms with E-state index in [1.54, 1.807) is 30.5 Å². The fourth-order valence-electron chi connectivity index (χ4n) is 2.92. The average molecular weight is 471 g/mol. The van der Waals surface area contributed by atoms with Crippen molar-refractivity contribution in [2.75, 3.05) is 18.2 Å². The molecule has 3 rings (SSSR count). The second kappa shape index (κ2) is 11.5. The molecule has 1 atom stereocenters. The molecule has 0 aliphatic carbocycles. The first-order chi connectivity index (χ1) is 15.5. The Morgan fingerprint density at radius 3 is 2.50 bits per heavy atom. The molecular formula is C23H23ClN4O3S. The largest absolute Gasteiger partial charge is 0.494 e. The van der Waals surface area contributed by atoms with Crippen LogP contribution in [-0.2, 0) is 11.2 Å². The summed E-state index contributed by atoms with van der Waals surface area (Å²) in [5.41, 5.74) is 1.52. The molecular weight excluding hydrogens is 448 g/mol. The lowest BCUT2D eigenvalue weighted by Crippen LogP contribution is -2.45. The van der Waals surface area contributed by atoms with Gasteiger partial charge in [0.25, 0.3) is 5.91 Å². The summed E-state index contributed by atoms with van der Waals surface area (Å²) in [5, 5.41) is 6.14. The number of halogens is 1. The summed E-state index contributed by atoms with van der Waals surface area (Å²) in [6, 6.07) is 15.6. The number of ether oxygens (including phenoxy) is 1. The smallest absolute Gasteiger partial charge is 0.272 e. The Hall–Kier alpha value is -3.10. The van der Waals surface area contributed by atoms with Crippen LogP contribution in [0.25, 0.3) is 0 Å². The van der Waals surface area contributed by atoms with Crippen molar-refractivity contribution in [1.29, 1.82) is 0 Å². The molecule has 3 aromatic rings. The number of nitrogens with one attached hydrogen (secondary N) is 2. The topological polar surface area (TPSA) is 93.2 Å². The Morgan fingerprint density at radius 1 is 1.12 bits per heavy atom. The lowest BCUT2D eigenvalue weighted by molar-refractivity contribution is -0.118. The van der Waals surface area contributed by atoms with Gasteiger partial charge >= 0.3 is 0 Å². The van der Waals surface area contributed by atoms with Gasteiger partial charge in [0.1, 0.15) is 11.8 Å². The Kier molecular flexibility index (Phi) is 8.47. The van der Waals surface area contributed by atoms with Crippen LogP contribution in [0.1, 0.15) is 23.0 Å². The van der Waals surface area contributed by atoms with Gasteiger partial charge in [-0.25, -0.2) is 9.97 Å². The van der Waals surface area contributed by atoms with E-state index in [2.05, 4.69) is 20.6 Å². The quantitative estimate of drug-likeness (QED) is 0.359. The summed E-state index contributed by atoms with van der Waals surface area (Å²) in [6.07, 6.45) is 3.47. The normalized spacial score (nSPS) is 11.5. The molecule has 0 saturated heterocycles. The van der Waals surface area contributed by atoms with Gasteiger partial charge in [-0.15, -0.1) is 0 Å². The molecule has 32 heavy (non-hydrogen) atoms. The summed E-state index contributed by atoms with van der Waals surface area (Å²) in [5.74, 6) is -0.195. The molecule has 0 bridgehead atoms. The van der Waals surface area contributed by atoms with Gasteiger partial charge < -0.3 is 15.4 Å². The third-order valence-corrected chi connectivity index (χ3v) is 5.30. The van der Waals surface area contributed by atoms with Crippen molar-refractivity contribution >= 4 is 40.9 Å². The first kappa shape index (κ1) is 23.6. The molecule has 0 fully saturated rings. The summed E-state index contributed by atoms with van der Waals surface area (Å²) in [6.45, 7) is 2.46. The highest BCUT2D eigenvalue weighted by Gasteiger charge is 2.24. The summed E-state index contributed by atoms with van der Waals surface area (Å²) < 4.78 is 5.43. The van der Waals surface area contributed by atoms with Crippen LogP contribution in [0.4, 0.5) is 5.69 Å². The number of benzene rings is 2. The monoisotopic (exact) mass is 470 g/mol. The average Bonchev–Trinajstić information content (AvgIpc) is 2.81. The highest BCUT2D eigenvalue weighted by atomic mass is 35.5. The summed E-state index contributed by atoms with van der Waals surface area (Å²) in [4.78, 5) is 34.2. The highest BCUT2D eigenvalue weighted by Crippen LogP contribution is 2.18. The molecule has 0 aliphatic heterocycles. The molecule has 1 unspecified atom stereocenters. The number of rotatable bonds is 9. The molecule has 2 N–H and O–H groups in total. The molecule has 9 heteroatoms. The van der Waals surface area contributed by atoms with Gasteiger partial charge in [-0.2, -0.15) is 0 Å². The molecule has 1 aromatic heterocycles. The van der Waals surface area contributed by atoms with Crippen molar-refractivity contribution in [1.82, 2.24) is 15.3 Å². The SMILES string of the molecule is CCOc1ccc(NC(=O)C(Cc2ccccc2)NC(=O)c2nc(SC)ncc2Cl)cc1. The van der Waals surface area contributed by atoms with Gasteiger partial charge in [-0.1, -0.05) is 53.7 Å². The fraction of sp³-hybridized carbons (Fsp3) is 0.217. The van der Waals surface area contributed by atoms with Gasteiger partial charge in [-0.3, -0.25) is 9.59 Å². The van der Waals surface area contributed by atoms with Crippen LogP contribution in [-0.4, -0.2) is 40.7 Å². The number of amides is 2. The van der Waals surface area contributed by atoms with E-state index in [-0.39, 0.29) is 16.6 Å². The molecule has 0 radical (unpaired) electrons. The summed E-state index contributed by atoms with van der Waals surface area (Å²) >= 11 is 7.43. The number of hydrogen-bond donors (Lipinski definition) is 2. The zero-order valence-corrected chi connectivity index (χ0v) is 19.2. The maximum atomic E-state index is 13.1. The van der Waals surface area contributed by atoms with Crippen molar-refractivity contribution in [2.45, 2.75) is 24.5 Å². The number of aromatic nitrogens is 2. The molecule has 2 amide bonds. The molecule has 7 nitrogen and oxygen atoms in total. The molecule has 0 spiro atoms. The number of hydrogen-bond acceptors (Lipinski definition) is 6. The van der Waals surface area contributed by atoms with Gasteiger partial charge in [0.2, 0.25) is 5.91 Å². The van der Waals surface area contributed by atoms with E-state index < -0.39 is 11.9 Å². The predicted octanol–water partition coefficient (Wildman–Crippen LogP) is 4.23. The summed E-state index contributed by atoms with van der Waals surface area (Å²) in [7, 11) is 0. The van der Waals surface area contributed by atoms with Gasteiger partial charge in [-0.05, 0) is 43.0 Å². The van der Waals surface area contributed by atoms with Crippen LogP contribution in [0, 0.1) is 0 Å². The standard InChI is InChI=1S/C23H23ClN4O3S/c1-3-31-17-11-9-16(10-12-17)26-21(29)19(13-15-7-5-4-6-8-15)27-22(30)20-18(24)14-25-23(28-20)32-2/h4-12,14,19H,3,13H2,1-2H3,(H,26,29)(H,27,30). The molecule has 2 aromatic carbocycles. The third-order valence-electron chi connectivity index (χ3n) is 4.46. The van der Waals surface area contributed by atoms with Crippen molar-refractivity contribution in [3.8, 4) is 5.75 Å². The maximum absolute atomic E-state index is 13.1. The second-order valence-corrected chi connectivity index (χ2v) is 7.90. The lowest BCUT2D eigenvalue weighted by atomic mass is 10.0. The molecule has 1 heterocycles. The van der Waals surface area contributed by atoms with E-state index in [9.17, 15) is 9.59 Å². The number of thioether (sulfide) groups is 1. The van der Waals surface area contributed by atoms with Crippen LogP contribution in [0.3, 0.4) is 0 Å². The molecule has 0 saturated carbocycles. The minimum atomic E-state index is -0.847. The third kappa shape index (κ3) is 6.45. The van der Waals surface area contributed by atoms with Gasteiger partial charge in [0.15, 0.2) is 10.9 Å². The Morgan fingerprint density at radius 2 is 1.84 bits per heavy atom. The van der Waals surface area contributed by atoms with Crippen molar-refractivity contribution in [3.05, 3.63) is 77.1 Å². The second-order valence-electron chi connectivity index (χ2n) is 6.72. The number of carbonyl (C=O) groups is 2. The van der Waals surface area contributed by atoms with Crippen LogP contribution < -0.4 is 15.4 Å². The van der Waals surface area contributed by atoms with Gasteiger partial charge in [0, 0.05) is 12.1 Å². The van der Waals surface area contributed by atoms with E-state index in [4.69, 9.17) is 16.3 Å². The predicted molar refractivity (Wildman–Crippen MR) is 126 cm³/mol. The Balaban J connectivity index is 1.79. The first-order valence-corrected chi connectivity index (χ1v) is 11.6. The number of carbonyl (C=O) groups excluding carboxylic acids is 2. The van der Waals surface area contributed by atoms with Crippen LogP contribution in [0.5, 0.6) is 5.75 Å². The van der Waals surface area contributed by atoms with Crippen LogP contribution >= 0.6 is 23.4 Å². The minimum absolute atomic E-state index is 0.0259. The van der Waals surface area contributed by atoms with Crippen molar-refractivity contribution in [2.24, 2.45) is 0 Å². The van der Waals surface area contributed by atoms with E-state index >= 15 is 0 Å². The van der Waals surface area contributed by atoms with Crippen molar-refractivity contribution in [3.63, 3.8) is 0 Å². The minimum Gasteiger partial charge on any atom is -0.494 e. The Bertz CT molecular complexity index is 1060. The molecule has 0 aliphatic rings. The van der Waals surface area contributed by atoms with Crippen LogP contribution in [0.2, 0.25) is 5.02 Å². The van der Waals surface area contributed by atoms with E-state index in [0.717, 1.165) is 5.56 Å². The zero-order valence-electron chi connectivity index (χ0n) is 17.7. The van der Waals surface area contributed by atoms with E-state index in [1.807, 2.05) is 37.3 Å². The highest BCUT2D eigenvalue weighted by molar-refractivity contribution is 7.98.